The molecule has 2 N–H and O–H groups in total. The van der Waals surface area contributed by atoms with Crippen LogP contribution in [0.4, 0.5) is 11.5 Å². The van der Waals surface area contributed by atoms with Gasteiger partial charge in [0.15, 0.2) is 11.9 Å². The lowest BCUT2D eigenvalue weighted by atomic mass is 10.2. The van der Waals surface area contributed by atoms with Crippen molar-refractivity contribution in [3.05, 3.63) is 52.1 Å². The molecule has 0 saturated heterocycles. The molecule has 6 nitrogen and oxygen atoms in total. The number of carbonyl (C=O) groups excluding carboxylic acids is 2. The third-order valence-corrected chi connectivity index (χ3v) is 3.61. The molecule has 1 amide bonds. The number of aromatic nitrogens is 1. The van der Waals surface area contributed by atoms with E-state index >= 15 is 0 Å². The van der Waals surface area contributed by atoms with Crippen molar-refractivity contribution >= 4 is 46.6 Å². The van der Waals surface area contributed by atoms with E-state index in [-0.39, 0.29) is 10.8 Å². The largest absolute Gasteiger partial charge is 0.449 e. The van der Waals surface area contributed by atoms with Crippen LogP contribution in [0.15, 0.2) is 36.5 Å². The van der Waals surface area contributed by atoms with Crippen LogP contribution in [0, 0.1) is 0 Å². The molecular weight excluding hydrogens is 353 g/mol. The van der Waals surface area contributed by atoms with E-state index in [1.807, 2.05) is 0 Å². The SMILES string of the molecule is CNc1ccccc1C(=O)O[C@H](C)C(=O)Nc1ncc(Cl)cc1Cl. The van der Waals surface area contributed by atoms with Crippen LogP contribution in [0.1, 0.15) is 17.3 Å². The topological polar surface area (TPSA) is 80.3 Å². The van der Waals surface area contributed by atoms with Crippen LogP contribution in [0.2, 0.25) is 10.0 Å². The summed E-state index contributed by atoms with van der Waals surface area (Å²) in [5.41, 5.74) is 0.944. The van der Waals surface area contributed by atoms with Gasteiger partial charge in [-0.2, -0.15) is 0 Å². The van der Waals surface area contributed by atoms with Crippen molar-refractivity contribution in [2.75, 3.05) is 17.7 Å². The molecule has 0 aliphatic carbocycles. The van der Waals surface area contributed by atoms with Gasteiger partial charge in [-0.05, 0) is 25.1 Å². The number of nitrogens with one attached hydrogen (secondary N) is 2. The molecule has 0 unspecified atom stereocenters. The van der Waals surface area contributed by atoms with Gasteiger partial charge in [0.05, 0.1) is 15.6 Å². The summed E-state index contributed by atoms with van der Waals surface area (Å²) >= 11 is 11.7. The summed E-state index contributed by atoms with van der Waals surface area (Å²) in [4.78, 5) is 28.3. The lowest BCUT2D eigenvalue weighted by Crippen LogP contribution is -2.30. The maximum absolute atomic E-state index is 12.2. The van der Waals surface area contributed by atoms with Gasteiger partial charge in [-0.15, -0.1) is 0 Å². The lowest BCUT2D eigenvalue weighted by Gasteiger charge is -2.15. The first kappa shape index (κ1) is 18.0. The number of pyridine rings is 1. The summed E-state index contributed by atoms with van der Waals surface area (Å²) in [7, 11) is 1.69. The Morgan fingerprint density at radius 2 is 1.96 bits per heavy atom. The monoisotopic (exact) mass is 367 g/mol. The Bertz CT molecular complexity index is 768. The van der Waals surface area contributed by atoms with Crippen LogP contribution in [-0.2, 0) is 9.53 Å². The highest BCUT2D eigenvalue weighted by molar-refractivity contribution is 6.36. The second-order valence-electron chi connectivity index (χ2n) is 4.82. The van der Waals surface area contributed by atoms with Crippen LogP contribution in [0.25, 0.3) is 0 Å². The molecule has 0 aliphatic heterocycles. The number of amides is 1. The number of ether oxygens (including phenoxy) is 1. The van der Waals surface area contributed by atoms with Gasteiger partial charge < -0.3 is 15.4 Å². The first-order chi connectivity index (χ1) is 11.4. The Morgan fingerprint density at radius 3 is 2.62 bits per heavy atom. The first-order valence-corrected chi connectivity index (χ1v) is 7.77. The molecule has 0 saturated carbocycles. The summed E-state index contributed by atoms with van der Waals surface area (Å²) in [6.45, 7) is 1.46. The molecule has 0 radical (unpaired) electrons. The molecule has 126 valence electrons. The Kier molecular flexibility index (Phi) is 6.00. The van der Waals surface area contributed by atoms with Crippen molar-refractivity contribution in [2.45, 2.75) is 13.0 Å². The maximum Gasteiger partial charge on any atom is 0.341 e. The first-order valence-electron chi connectivity index (χ1n) is 7.02. The zero-order valence-electron chi connectivity index (χ0n) is 13.0. The number of hydrogen-bond donors (Lipinski definition) is 2. The molecule has 24 heavy (non-hydrogen) atoms. The van der Waals surface area contributed by atoms with Gasteiger partial charge in [0.1, 0.15) is 0 Å². The minimum atomic E-state index is -1.03. The second-order valence-corrected chi connectivity index (χ2v) is 5.66. The van der Waals surface area contributed by atoms with E-state index < -0.39 is 18.0 Å². The molecule has 0 fully saturated rings. The smallest absolute Gasteiger partial charge is 0.341 e. The average molecular weight is 368 g/mol. The molecule has 1 aromatic carbocycles. The molecule has 1 heterocycles. The van der Waals surface area contributed by atoms with E-state index in [0.29, 0.717) is 16.3 Å². The van der Waals surface area contributed by atoms with Gasteiger partial charge in [-0.3, -0.25) is 4.79 Å². The van der Waals surface area contributed by atoms with Crippen molar-refractivity contribution < 1.29 is 14.3 Å². The summed E-state index contributed by atoms with van der Waals surface area (Å²) in [5, 5.41) is 5.92. The number of para-hydroxylation sites is 1. The van der Waals surface area contributed by atoms with Crippen molar-refractivity contribution in [3.63, 3.8) is 0 Å². The molecule has 0 aliphatic rings. The van der Waals surface area contributed by atoms with Gasteiger partial charge in [0.25, 0.3) is 5.91 Å². The average Bonchev–Trinajstić information content (AvgIpc) is 2.57. The third-order valence-electron chi connectivity index (χ3n) is 3.12. The molecular formula is C16H15Cl2N3O3. The van der Waals surface area contributed by atoms with E-state index in [0.717, 1.165) is 0 Å². The molecule has 1 atom stereocenters. The number of halogens is 2. The Hall–Kier alpha value is -2.31. The van der Waals surface area contributed by atoms with Crippen LogP contribution in [-0.4, -0.2) is 30.0 Å². The number of benzene rings is 1. The number of rotatable bonds is 5. The van der Waals surface area contributed by atoms with E-state index in [9.17, 15) is 9.59 Å². The number of anilines is 2. The lowest BCUT2D eigenvalue weighted by molar-refractivity contribution is -0.123. The van der Waals surface area contributed by atoms with Crippen LogP contribution in [0.5, 0.6) is 0 Å². The minimum Gasteiger partial charge on any atom is -0.449 e. The van der Waals surface area contributed by atoms with Gasteiger partial charge >= 0.3 is 5.97 Å². The van der Waals surface area contributed by atoms with E-state index in [2.05, 4.69) is 15.6 Å². The molecule has 2 rings (SSSR count). The van der Waals surface area contributed by atoms with Crippen molar-refractivity contribution in [2.24, 2.45) is 0 Å². The van der Waals surface area contributed by atoms with Crippen molar-refractivity contribution in [1.29, 1.82) is 0 Å². The van der Waals surface area contributed by atoms with Gasteiger partial charge in [0, 0.05) is 18.9 Å². The number of esters is 1. The normalized spacial score (nSPS) is 11.5. The van der Waals surface area contributed by atoms with Crippen molar-refractivity contribution in [3.8, 4) is 0 Å². The summed E-state index contributed by atoms with van der Waals surface area (Å²) in [5.74, 6) is -1.02. The second kappa shape index (κ2) is 7.99. The summed E-state index contributed by atoms with van der Waals surface area (Å²) < 4.78 is 5.19. The fraction of sp³-hybridized carbons (Fsp3) is 0.188. The zero-order valence-corrected chi connectivity index (χ0v) is 14.5. The third kappa shape index (κ3) is 4.37. The van der Waals surface area contributed by atoms with Crippen molar-refractivity contribution in [1.82, 2.24) is 4.98 Å². The zero-order chi connectivity index (χ0) is 17.7. The standard InChI is InChI=1S/C16H15Cl2N3O3/c1-9(15(22)21-14-12(18)7-10(17)8-20-14)24-16(23)11-5-3-4-6-13(11)19-2/h3-9,19H,1-2H3,(H,20,21,22)/t9-/m1/s1. The van der Waals surface area contributed by atoms with Crippen LogP contribution < -0.4 is 10.6 Å². The Labute approximate surface area is 149 Å². The highest BCUT2D eigenvalue weighted by atomic mass is 35.5. The highest BCUT2D eigenvalue weighted by Crippen LogP contribution is 2.23. The number of carbonyl (C=O) groups is 2. The van der Waals surface area contributed by atoms with Crippen LogP contribution >= 0.6 is 23.2 Å². The Balaban J connectivity index is 2.04. The number of hydrogen-bond acceptors (Lipinski definition) is 5. The van der Waals surface area contributed by atoms with Crippen LogP contribution in [0.3, 0.4) is 0 Å². The van der Waals surface area contributed by atoms with E-state index in [4.69, 9.17) is 27.9 Å². The molecule has 0 spiro atoms. The fourth-order valence-electron chi connectivity index (χ4n) is 1.88. The van der Waals surface area contributed by atoms with Gasteiger partial charge in [0.2, 0.25) is 0 Å². The highest BCUT2D eigenvalue weighted by Gasteiger charge is 2.21. The number of nitrogens with zero attached hydrogens (tertiary/aromatic N) is 1. The fourth-order valence-corrected chi connectivity index (χ4v) is 2.31. The predicted octanol–water partition coefficient (Wildman–Crippen LogP) is 3.61. The maximum atomic E-state index is 12.2. The summed E-state index contributed by atoms with van der Waals surface area (Å²) in [6.07, 6.45) is 0.319. The predicted molar refractivity (Wildman–Crippen MR) is 93.8 cm³/mol. The molecule has 0 bridgehead atoms. The summed E-state index contributed by atoms with van der Waals surface area (Å²) in [6, 6.07) is 8.28. The molecule has 8 heteroatoms. The van der Waals surface area contributed by atoms with Gasteiger partial charge in [-0.1, -0.05) is 35.3 Å². The molecule has 2 aromatic rings. The van der Waals surface area contributed by atoms with E-state index in [1.165, 1.54) is 19.2 Å². The van der Waals surface area contributed by atoms with E-state index in [1.54, 1.807) is 31.3 Å². The Morgan fingerprint density at radius 1 is 1.25 bits per heavy atom. The quantitative estimate of drug-likeness (QED) is 0.788. The minimum absolute atomic E-state index is 0.143. The van der Waals surface area contributed by atoms with Gasteiger partial charge in [-0.25, -0.2) is 9.78 Å². The molecule has 1 aromatic heterocycles.